The van der Waals surface area contributed by atoms with E-state index >= 15 is 0 Å². The predicted molar refractivity (Wildman–Crippen MR) is 116 cm³/mol. The van der Waals surface area contributed by atoms with Crippen molar-refractivity contribution in [3.63, 3.8) is 0 Å². The number of hydrogen-bond acceptors (Lipinski definition) is 4. The fourth-order valence-corrected chi connectivity index (χ4v) is 4.73. The summed E-state index contributed by atoms with van der Waals surface area (Å²) in [6.07, 6.45) is 4.52. The van der Waals surface area contributed by atoms with Gasteiger partial charge in [0.15, 0.2) is 5.96 Å². The second kappa shape index (κ2) is 11.8. The summed E-state index contributed by atoms with van der Waals surface area (Å²) in [5.41, 5.74) is 0. The Morgan fingerprint density at radius 2 is 2.04 bits per heavy atom. The normalized spacial score (nSPS) is 21.6. The molecule has 0 aliphatic carbocycles. The Morgan fingerprint density at radius 3 is 2.54 bits per heavy atom. The first-order valence-corrected chi connectivity index (χ1v) is 11.3. The minimum Gasteiger partial charge on any atom is -0.357 e. The van der Waals surface area contributed by atoms with Gasteiger partial charge in [-0.3, -0.25) is 4.99 Å². The van der Waals surface area contributed by atoms with Gasteiger partial charge in [-0.05, 0) is 38.9 Å². The number of guanidine groups is 1. The maximum atomic E-state index is 11.5. The van der Waals surface area contributed by atoms with Crippen molar-refractivity contribution < 1.29 is 8.42 Å². The molecule has 1 aliphatic rings. The van der Waals surface area contributed by atoms with Gasteiger partial charge in [0, 0.05) is 30.9 Å². The molecule has 2 N–H and O–H groups in total. The Hall–Kier alpha value is 0.260. The molecule has 1 unspecified atom stereocenters. The van der Waals surface area contributed by atoms with Gasteiger partial charge in [-0.2, -0.15) is 11.8 Å². The molecule has 144 valence electrons. The molecule has 24 heavy (non-hydrogen) atoms. The highest BCUT2D eigenvalue weighted by Gasteiger charge is 2.29. The van der Waals surface area contributed by atoms with Crippen molar-refractivity contribution in [2.45, 2.75) is 44.8 Å². The molecule has 1 atom stereocenters. The number of halogens is 1. The van der Waals surface area contributed by atoms with E-state index < -0.39 is 10.0 Å². The third-order valence-electron chi connectivity index (χ3n) is 3.91. The van der Waals surface area contributed by atoms with Crippen molar-refractivity contribution in [3.05, 3.63) is 0 Å². The van der Waals surface area contributed by atoms with E-state index in [0.717, 1.165) is 25.5 Å². The molecule has 1 aliphatic heterocycles. The molecule has 6 nitrogen and oxygen atoms in total. The molecule has 0 spiro atoms. The molecule has 1 saturated heterocycles. The number of hydrogen-bond donors (Lipinski definition) is 2. The van der Waals surface area contributed by atoms with Gasteiger partial charge in [0.2, 0.25) is 10.0 Å². The van der Waals surface area contributed by atoms with Crippen molar-refractivity contribution in [2.24, 2.45) is 4.99 Å². The molecule has 9 heteroatoms. The molecule has 1 rings (SSSR count). The number of nitrogens with zero attached hydrogens (tertiary/aromatic N) is 2. The molecule has 0 aromatic carbocycles. The Bertz CT molecular complexity index is 480. The van der Waals surface area contributed by atoms with E-state index in [1.165, 1.54) is 29.2 Å². The zero-order valence-corrected chi connectivity index (χ0v) is 19.3. The predicted octanol–water partition coefficient (Wildman–Crippen LogP) is 2.12. The summed E-state index contributed by atoms with van der Waals surface area (Å²) in [5, 5.41) is 6.55. The van der Waals surface area contributed by atoms with Gasteiger partial charge in [0.1, 0.15) is 0 Å². The van der Waals surface area contributed by atoms with Crippen LogP contribution >= 0.6 is 35.7 Å². The van der Waals surface area contributed by atoms with Crippen LogP contribution in [0.1, 0.15) is 40.0 Å². The van der Waals surface area contributed by atoms with Crippen molar-refractivity contribution in [3.8, 4) is 0 Å². The second-order valence-electron chi connectivity index (χ2n) is 6.13. The van der Waals surface area contributed by atoms with E-state index in [9.17, 15) is 8.42 Å². The SMILES string of the molecule is CCNC(=NCC1(C)CCCS1)NCCCN(CC)S(C)(=O)=O.I. The molecular weight excluding hydrogens is 459 g/mol. The molecule has 0 aromatic heterocycles. The maximum Gasteiger partial charge on any atom is 0.211 e. The molecule has 1 heterocycles. The van der Waals surface area contributed by atoms with E-state index in [1.807, 2.05) is 25.6 Å². The first kappa shape index (κ1) is 24.3. The Balaban J connectivity index is 0.00000529. The maximum absolute atomic E-state index is 11.5. The minimum atomic E-state index is -3.10. The van der Waals surface area contributed by atoms with Crippen LogP contribution in [0.3, 0.4) is 0 Å². The summed E-state index contributed by atoms with van der Waals surface area (Å²) in [7, 11) is -3.10. The van der Waals surface area contributed by atoms with Crippen LogP contribution in [0.5, 0.6) is 0 Å². The van der Waals surface area contributed by atoms with Crippen LogP contribution in [0.25, 0.3) is 0 Å². The lowest BCUT2D eigenvalue weighted by molar-refractivity contribution is 0.424. The Morgan fingerprint density at radius 1 is 1.33 bits per heavy atom. The first-order chi connectivity index (χ1) is 10.8. The molecule has 0 amide bonds. The molecular formula is C15H33IN4O2S2. The van der Waals surface area contributed by atoms with Crippen LogP contribution in [0.2, 0.25) is 0 Å². The van der Waals surface area contributed by atoms with E-state index in [0.29, 0.717) is 19.6 Å². The third kappa shape index (κ3) is 9.10. The Kier molecular flexibility index (Phi) is 11.9. The Labute approximate surface area is 169 Å². The summed E-state index contributed by atoms with van der Waals surface area (Å²) in [6, 6.07) is 0. The highest BCUT2D eigenvalue weighted by Crippen LogP contribution is 2.37. The zero-order valence-electron chi connectivity index (χ0n) is 15.3. The molecule has 1 fully saturated rings. The minimum absolute atomic E-state index is 0. The van der Waals surface area contributed by atoms with Crippen LogP contribution in [-0.2, 0) is 10.0 Å². The number of nitrogens with one attached hydrogen (secondary N) is 2. The average Bonchev–Trinajstić information content (AvgIpc) is 2.90. The second-order valence-corrected chi connectivity index (χ2v) is 9.80. The molecule has 0 aromatic rings. The van der Waals surface area contributed by atoms with Gasteiger partial charge in [0.05, 0.1) is 12.8 Å². The average molecular weight is 492 g/mol. The largest absolute Gasteiger partial charge is 0.357 e. The van der Waals surface area contributed by atoms with Crippen LogP contribution in [0.4, 0.5) is 0 Å². The van der Waals surface area contributed by atoms with Crippen molar-refractivity contribution in [2.75, 3.05) is 44.7 Å². The van der Waals surface area contributed by atoms with Gasteiger partial charge in [0.25, 0.3) is 0 Å². The topological polar surface area (TPSA) is 73.8 Å². The van der Waals surface area contributed by atoms with Gasteiger partial charge >= 0.3 is 0 Å². The summed E-state index contributed by atoms with van der Waals surface area (Å²) >= 11 is 2.01. The quantitative estimate of drug-likeness (QED) is 0.223. The van der Waals surface area contributed by atoms with E-state index in [1.54, 1.807) is 0 Å². The van der Waals surface area contributed by atoms with Crippen molar-refractivity contribution in [1.82, 2.24) is 14.9 Å². The number of aliphatic imine (C=N–C) groups is 1. The summed E-state index contributed by atoms with van der Waals surface area (Å²) in [5.74, 6) is 2.05. The highest BCUT2D eigenvalue weighted by atomic mass is 127. The smallest absolute Gasteiger partial charge is 0.211 e. The van der Waals surface area contributed by atoms with Crippen molar-refractivity contribution in [1.29, 1.82) is 0 Å². The van der Waals surface area contributed by atoms with Crippen LogP contribution in [0, 0.1) is 0 Å². The summed E-state index contributed by atoms with van der Waals surface area (Å²) in [4.78, 5) is 4.69. The van der Waals surface area contributed by atoms with Crippen LogP contribution in [0.15, 0.2) is 4.99 Å². The number of thioether (sulfide) groups is 1. The molecule has 0 saturated carbocycles. The van der Waals surface area contributed by atoms with Gasteiger partial charge < -0.3 is 10.6 Å². The lowest BCUT2D eigenvalue weighted by atomic mass is 10.1. The fourth-order valence-electron chi connectivity index (χ4n) is 2.57. The number of sulfonamides is 1. The van der Waals surface area contributed by atoms with E-state index in [4.69, 9.17) is 4.99 Å². The molecule has 0 radical (unpaired) electrons. The number of rotatable bonds is 9. The van der Waals surface area contributed by atoms with Crippen molar-refractivity contribution >= 4 is 51.7 Å². The van der Waals surface area contributed by atoms with Gasteiger partial charge in [-0.15, -0.1) is 24.0 Å². The third-order valence-corrected chi connectivity index (χ3v) is 6.82. The molecule has 0 bridgehead atoms. The zero-order chi connectivity index (χ0) is 17.3. The fraction of sp³-hybridized carbons (Fsp3) is 0.933. The van der Waals surface area contributed by atoms with Gasteiger partial charge in [-0.25, -0.2) is 12.7 Å². The lowest BCUT2D eigenvalue weighted by Gasteiger charge is -2.21. The standard InChI is InChI=1S/C15H32N4O2S2.HI/c1-5-16-14(18-13-15(3)9-7-12-22-15)17-10-8-11-19(6-2)23(4,20)21;/h5-13H2,1-4H3,(H2,16,17,18);1H. The van der Waals surface area contributed by atoms with Crippen LogP contribution < -0.4 is 10.6 Å². The summed E-state index contributed by atoms with van der Waals surface area (Å²) in [6.45, 7) is 9.59. The lowest BCUT2D eigenvalue weighted by Crippen LogP contribution is -2.40. The van der Waals surface area contributed by atoms with E-state index in [2.05, 4.69) is 17.6 Å². The monoisotopic (exact) mass is 492 g/mol. The van der Waals surface area contributed by atoms with E-state index in [-0.39, 0.29) is 28.7 Å². The van der Waals surface area contributed by atoms with Gasteiger partial charge in [-0.1, -0.05) is 6.92 Å². The highest BCUT2D eigenvalue weighted by molar-refractivity contribution is 14.0. The first-order valence-electron chi connectivity index (χ1n) is 8.42. The van der Waals surface area contributed by atoms with Crippen LogP contribution in [-0.4, -0.2) is 68.2 Å². The summed E-state index contributed by atoms with van der Waals surface area (Å²) < 4.78 is 24.8.